The van der Waals surface area contributed by atoms with Crippen LogP contribution in [0.1, 0.15) is 129 Å². The molecule has 14 rings (SSSR count). The van der Waals surface area contributed by atoms with Crippen LogP contribution >= 0.6 is 0 Å². The minimum atomic E-state index is -0.653. The number of carbonyl (C=O) groups excluding carboxylic acids is 8. The second kappa shape index (κ2) is 14.7. The van der Waals surface area contributed by atoms with Crippen molar-refractivity contribution in [1.29, 1.82) is 0 Å². The molecule has 0 radical (unpaired) electrons. The van der Waals surface area contributed by atoms with Gasteiger partial charge in [-0.05, 0) is 126 Å². The zero-order valence-corrected chi connectivity index (χ0v) is 38.0. The van der Waals surface area contributed by atoms with Crippen LogP contribution in [0.25, 0.3) is 86.2 Å². The molecule has 10 aromatic rings. The molecule has 12 heteroatoms. The normalized spacial score (nSPS) is 15.8. The van der Waals surface area contributed by atoms with E-state index >= 15 is 0 Å². The number of cyclic esters (lactones) is 4. The van der Waals surface area contributed by atoms with Crippen LogP contribution in [0.15, 0.2) is 97.1 Å². The molecule has 70 heavy (non-hydrogen) atoms. The minimum Gasteiger partial charge on any atom is -0.386 e. The number of ether oxygens (including phenoxy) is 2. The molecule has 0 spiro atoms. The minimum absolute atomic E-state index is 0.207. The fraction of sp³-hybridized carbons (Fsp3) is 0.172. The molecule has 1 atom stereocenters. The highest BCUT2D eigenvalue weighted by Gasteiger charge is 2.38. The van der Waals surface area contributed by atoms with E-state index in [0.29, 0.717) is 79.1 Å². The number of hydrogen-bond donors (Lipinski definition) is 0. The Morgan fingerprint density at radius 3 is 0.914 bits per heavy atom. The van der Waals surface area contributed by atoms with Gasteiger partial charge in [-0.15, -0.1) is 0 Å². The standard InChI is InChI=1S/2C29H19NO5/c1-3-13(2)12-30-26(31)18-8-4-14-16-6-10-20-25-21(29(34)35-28(20)33)11-7-17(23(16)25)15-5-9-19(27(30)32)24(18)22(14)15;1-2-3-4-13-30-26(31)18-9-5-14-16-7-11-20-25-21(29(34)35-28(20)33)12-8-17(23(16)25)15-6-10-19(27(30)32)24(18)22(14)15/h4-11,13H,3,12H2,1-2H3;5-12H,2-4,13H2,1H3. The summed E-state index contributed by atoms with van der Waals surface area (Å²) in [6.45, 7) is 6.96. The third-order valence-corrected chi connectivity index (χ3v) is 15.1. The molecule has 1 unspecified atom stereocenters. The number of imide groups is 2. The van der Waals surface area contributed by atoms with Crippen molar-refractivity contribution in [2.75, 3.05) is 13.1 Å². The van der Waals surface area contributed by atoms with Crippen LogP contribution < -0.4 is 0 Å². The number of amides is 4. The summed E-state index contributed by atoms with van der Waals surface area (Å²) in [5, 5.41) is 12.8. The molecular weight excluding hydrogens is 885 g/mol. The van der Waals surface area contributed by atoms with Gasteiger partial charge in [-0.2, -0.15) is 0 Å². The average molecular weight is 923 g/mol. The van der Waals surface area contributed by atoms with Crippen LogP contribution in [0.3, 0.4) is 0 Å². The number of hydrogen-bond acceptors (Lipinski definition) is 10. The van der Waals surface area contributed by atoms with E-state index in [-0.39, 0.29) is 29.5 Å². The molecule has 12 nitrogen and oxygen atoms in total. The molecule has 0 fully saturated rings. The fourth-order valence-corrected chi connectivity index (χ4v) is 11.7. The van der Waals surface area contributed by atoms with E-state index in [0.717, 1.165) is 90.3 Å². The van der Waals surface area contributed by atoms with Gasteiger partial charge in [-0.3, -0.25) is 29.0 Å². The number of unbranched alkanes of at least 4 members (excludes halogenated alkanes) is 2. The van der Waals surface area contributed by atoms with E-state index in [4.69, 9.17) is 9.47 Å². The molecule has 340 valence electrons. The van der Waals surface area contributed by atoms with Crippen molar-refractivity contribution in [3.8, 4) is 0 Å². The maximum Gasteiger partial charge on any atom is 0.346 e. The van der Waals surface area contributed by atoms with Crippen molar-refractivity contribution in [1.82, 2.24) is 9.80 Å². The van der Waals surface area contributed by atoms with Gasteiger partial charge in [0.1, 0.15) is 0 Å². The Morgan fingerprint density at radius 1 is 0.357 bits per heavy atom. The first kappa shape index (κ1) is 41.5. The van der Waals surface area contributed by atoms with Gasteiger partial charge in [0.25, 0.3) is 23.6 Å². The van der Waals surface area contributed by atoms with E-state index in [1.807, 2.05) is 62.4 Å². The summed E-state index contributed by atoms with van der Waals surface area (Å²) in [5.74, 6) is -3.45. The summed E-state index contributed by atoms with van der Waals surface area (Å²) in [4.78, 5) is 106. The van der Waals surface area contributed by atoms with E-state index in [9.17, 15) is 38.4 Å². The van der Waals surface area contributed by atoms with Crippen LogP contribution in [0.2, 0.25) is 0 Å². The highest BCUT2D eigenvalue weighted by atomic mass is 16.6. The zero-order chi connectivity index (χ0) is 48.2. The number of benzene rings is 10. The lowest BCUT2D eigenvalue weighted by molar-refractivity contribution is 0.0373. The maximum absolute atomic E-state index is 13.5. The smallest absolute Gasteiger partial charge is 0.346 e. The molecule has 0 aromatic heterocycles. The van der Waals surface area contributed by atoms with E-state index in [1.165, 1.54) is 9.80 Å². The van der Waals surface area contributed by atoms with Crippen LogP contribution in [0.5, 0.6) is 0 Å². The Bertz CT molecular complexity index is 3950. The lowest BCUT2D eigenvalue weighted by Crippen LogP contribution is -2.42. The molecule has 0 saturated carbocycles. The summed E-state index contributed by atoms with van der Waals surface area (Å²) in [7, 11) is 0. The molecule has 10 aromatic carbocycles. The number of fused-ring (bicyclic) bond motifs is 4. The van der Waals surface area contributed by atoms with Crippen molar-refractivity contribution in [2.45, 2.75) is 46.5 Å². The first-order valence-corrected chi connectivity index (χ1v) is 23.6. The summed E-state index contributed by atoms with van der Waals surface area (Å²) in [6, 6.07) is 29.0. The highest BCUT2D eigenvalue weighted by Crippen LogP contribution is 2.48. The van der Waals surface area contributed by atoms with E-state index in [1.54, 1.807) is 48.5 Å². The molecule has 4 aliphatic rings. The van der Waals surface area contributed by atoms with Gasteiger partial charge < -0.3 is 9.47 Å². The maximum atomic E-state index is 13.5. The van der Waals surface area contributed by atoms with E-state index in [2.05, 4.69) is 6.92 Å². The topological polar surface area (TPSA) is 161 Å². The Balaban J connectivity index is 0.000000137. The second-order valence-corrected chi connectivity index (χ2v) is 18.8. The molecular formula is C58H38N2O10. The predicted molar refractivity (Wildman–Crippen MR) is 265 cm³/mol. The zero-order valence-electron chi connectivity index (χ0n) is 38.0. The third kappa shape index (κ3) is 5.35. The van der Waals surface area contributed by atoms with Gasteiger partial charge in [-0.1, -0.05) is 88.6 Å². The number of nitrogens with zero attached hydrogens (tertiary/aromatic N) is 2. The van der Waals surface area contributed by atoms with Crippen molar-refractivity contribution in [2.24, 2.45) is 5.92 Å². The number of carbonyl (C=O) groups is 8. The van der Waals surface area contributed by atoms with E-state index < -0.39 is 23.9 Å². The van der Waals surface area contributed by atoms with Gasteiger partial charge in [-0.25, -0.2) is 19.2 Å². The Kier molecular flexibility index (Phi) is 8.71. The SMILES string of the molecule is CCC(C)CN1C(=O)c2ccc3c4ccc5c6c(ccc(c7ccc(c2c37)C1=O)c64)C(=O)OC5=O.CCCCCN1C(=O)c2ccc3c4ccc5c6c(ccc(c7ccc(c2c37)C1=O)c64)C(=O)OC5=O. The Hall–Kier alpha value is -8.64. The summed E-state index contributed by atoms with van der Waals surface area (Å²) < 4.78 is 9.85. The quantitative estimate of drug-likeness (QED) is 0.0375. The van der Waals surface area contributed by atoms with Gasteiger partial charge in [0.05, 0.1) is 22.3 Å². The van der Waals surface area contributed by atoms with Gasteiger partial charge in [0.2, 0.25) is 0 Å². The first-order chi connectivity index (χ1) is 33.9. The Labute approximate surface area is 396 Å². The lowest BCUT2D eigenvalue weighted by Gasteiger charge is -2.30. The van der Waals surface area contributed by atoms with Gasteiger partial charge in [0, 0.05) is 56.9 Å². The summed E-state index contributed by atoms with van der Waals surface area (Å²) in [5.41, 5.74) is 3.56. The Morgan fingerprint density at radius 2 is 0.629 bits per heavy atom. The van der Waals surface area contributed by atoms with Crippen molar-refractivity contribution in [3.05, 3.63) is 142 Å². The van der Waals surface area contributed by atoms with Crippen LogP contribution in [0.4, 0.5) is 0 Å². The van der Waals surface area contributed by atoms with Crippen LogP contribution in [-0.2, 0) is 9.47 Å². The molecule has 0 N–H and O–H groups in total. The van der Waals surface area contributed by atoms with Crippen LogP contribution in [0, 0.1) is 5.92 Å². The van der Waals surface area contributed by atoms with Crippen LogP contribution in [-0.4, -0.2) is 70.4 Å². The van der Waals surface area contributed by atoms with Gasteiger partial charge >= 0.3 is 23.9 Å². The average Bonchev–Trinajstić information content (AvgIpc) is 3.37. The number of esters is 4. The largest absolute Gasteiger partial charge is 0.386 e. The summed E-state index contributed by atoms with van der Waals surface area (Å²) in [6.07, 6.45) is 3.62. The molecule has 0 aliphatic carbocycles. The summed E-state index contributed by atoms with van der Waals surface area (Å²) >= 11 is 0. The first-order valence-electron chi connectivity index (χ1n) is 23.6. The molecule has 4 amide bonds. The molecule has 4 heterocycles. The van der Waals surface area contributed by atoms with Crippen molar-refractivity contribution < 1.29 is 47.8 Å². The van der Waals surface area contributed by atoms with Gasteiger partial charge in [0.15, 0.2) is 0 Å². The highest BCUT2D eigenvalue weighted by molar-refractivity contribution is 6.42. The molecule has 4 aliphatic heterocycles. The fourth-order valence-electron chi connectivity index (χ4n) is 11.7. The lowest BCUT2D eigenvalue weighted by atomic mass is 9.83. The third-order valence-electron chi connectivity index (χ3n) is 15.1. The molecule has 0 bridgehead atoms. The second-order valence-electron chi connectivity index (χ2n) is 18.8. The number of rotatable bonds is 7. The van der Waals surface area contributed by atoms with Crippen molar-refractivity contribution >= 4 is 134 Å². The molecule has 0 saturated heterocycles. The van der Waals surface area contributed by atoms with Crippen molar-refractivity contribution in [3.63, 3.8) is 0 Å². The monoisotopic (exact) mass is 922 g/mol. The predicted octanol–water partition coefficient (Wildman–Crippen LogP) is 11.5.